The van der Waals surface area contributed by atoms with Crippen LogP contribution in [0.1, 0.15) is 6.92 Å². The topological polar surface area (TPSA) is 54.0 Å². The van der Waals surface area contributed by atoms with Crippen molar-refractivity contribution >= 4 is 28.9 Å². The summed E-state index contributed by atoms with van der Waals surface area (Å²) in [5, 5.41) is 3.49. The standard InChI is InChI=1S/C21H26ClN3O3/c1-15(21(26)23-19-14-16(22)4-9-20(19)28-3)24-10-12-25(13-11-24)17-5-7-18(27-2)8-6-17/h4-9,14-15H,10-13H2,1-3H3,(H,23,26). The Labute approximate surface area is 171 Å². The summed E-state index contributed by atoms with van der Waals surface area (Å²) in [6, 6.07) is 13.0. The number of halogens is 1. The Morgan fingerprint density at radius 1 is 1.04 bits per heavy atom. The van der Waals surface area contributed by atoms with Gasteiger partial charge in [0.2, 0.25) is 5.91 Å². The molecule has 6 nitrogen and oxygen atoms in total. The molecule has 1 unspecified atom stereocenters. The van der Waals surface area contributed by atoms with E-state index >= 15 is 0 Å². The molecule has 28 heavy (non-hydrogen) atoms. The Morgan fingerprint density at radius 2 is 1.71 bits per heavy atom. The number of hydrogen-bond acceptors (Lipinski definition) is 5. The van der Waals surface area contributed by atoms with E-state index in [0.29, 0.717) is 16.5 Å². The lowest BCUT2D eigenvalue weighted by Gasteiger charge is -2.38. The number of nitrogens with one attached hydrogen (secondary N) is 1. The number of methoxy groups -OCH3 is 2. The molecule has 3 rings (SSSR count). The molecule has 2 aromatic rings. The lowest BCUT2D eigenvalue weighted by molar-refractivity contribution is -0.120. The molecule has 2 aromatic carbocycles. The maximum atomic E-state index is 12.7. The zero-order valence-electron chi connectivity index (χ0n) is 16.4. The highest BCUT2D eigenvalue weighted by Gasteiger charge is 2.26. The second-order valence-corrected chi connectivity index (χ2v) is 7.17. The lowest BCUT2D eigenvalue weighted by Crippen LogP contribution is -2.52. The Balaban J connectivity index is 1.57. The molecule has 1 aliphatic heterocycles. The van der Waals surface area contributed by atoms with Crippen LogP contribution in [0.25, 0.3) is 0 Å². The van der Waals surface area contributed by atoms with E-state index in [2.05, 4.69) is 27.2 Å². The molecule has 1 saturated heterocycles. The van der Waals surface area contributed by atoms with E-state index in [1.165, 1.54) is 5.69 Å². The average Bonchev–Trinajstić information content (AvgIpc) is 2.73. The molecule has 150 valence electrons. The molecule has 1 N–H and O–H groups in total. The van der Waals surface area contributed by atoms with E-state index in [-0.39, 0.29) is 11.9 Å². The minimum Gasteiger partial charge on any atom is -0.497 e. The molecule has 0 saturated carbocycles. The molecule has 0 bridgehead atoms. The fraction of sp³-hybridized carbons (Fsp3) is 0.381. The first-order chi connectivity index (χ1) is 13.5. The Morgan fingerprint density at radius 3 is 2.32 bits per heavy atom. The summed E-state index contributed by atoms with van der Waals surface area (Å²) in [6.07, 6.45) is 0. The highest BCUT2D eigenvalue weighted by Crippen LogP contribution is 2.28. The first-order valence-corrected chi connectivity index (χ1v) is 9.67. The predicted molar refractivity (Wildman–Crippen MR) is 113 cm³/mol. The van der Waals surface area contributed by atoms with E-state index < -0.39 is 0 Å². The molecule has 0 aromatic heterocycles. The lowest BCUT2D eigenvalue weighted by atomic mass is 10.2. The quantitative estimate of drug-likeness (QED) is 0.799. The number of anilines is 2. The molecular weight excluding hydrogens is 378 g/mol. The van der Waals surface area contributed by atoms with Crippen molar-refractivity contribution in [1.82, 2.24) is 4.90 Å². The van der Waals surface area contributed by atoms with Crippen LogP contribution < -0.4 is 19.7 Å². The van der Waals surface area contributed by atoms with Crippen molar-refractivity contribution in [3.63, 3.8) is 0 Å². The number of carbonyl (C=O) groups is 1. The third-order valence-electron chi connectivity index (χ3n) is 5.10. The Bertz CT molecular complexity index is 805. The fourth-order valence-corrected chi connectivity index (χ4v) is 3.51. The number of ether oxygens (including phenoxy) is 2. The number of rotatable bonds is 6. The summed E-state index contributed by atoms with van der Waals surface area (Å²) in [6.45, 7) is 5.28. The highest BCUT2D eigenvalue weighted by molar-refractivity contribution is 6.31. The zero-order chi connectivity index (χ0) is 20.1. The van der Waals surface area contributed by atoms with Crippen LogP contribution in [0.3, 0.4) is 0 Å². The molecule has 1 amide bonds. The van der Waals surface area contributed by atoms with Gasteiger partial charge in [-0.15, -0.1) is 0 Å². The monoisotopic (exact) mass is 403 g/mol. The minimum atomic E-state index is -0.248. The second kappa shape index (κ2) is 9.17. The summed E-state index contributed by atoms with van der Waals surface area (Å²) in [7, 11) is 3.24. The molecule has 1 aliphatic rings. The van der Waals surface area contributed by atoms with Gasteiger partial charge >= 0.3 is 0 Å². The third-order valence-corrected chi connectivity index (χ3v) is 5.33. The molecule has 7 heteroatoms. The van der Waals surface area contributed by atoms with Gasteiger partial charge in [0.25, 0.3) is 0 Å². The van der Waals surface area contributed by atoms with Gasteiger partial charge in [-0.3, -0.25) is 9.69 Å². The largest absolute Gasteiger partial charge is 0.497 e. The van der Waals surface area contributed by atoms with E-state index in [4.69, 9.17) is 21.1 Å². The second-order valence-electron chi connectivity index (χ2n) is 6.73. The number of piperazine rings is 1. The molecule has 1 heterocycles. The molecule has 0 radical (unpaired) electrons. The predicted octanol–water partition coefficient (Wildman–Crippen LogP) is 3.51. The van der Waals surface area contributed by atoms with E-state index in [1.807, 2.05) is 19.1 Å². The van der Waals surface area contributed by atoms with Gasteiger partial charge in [-0.1, -0.05) is 11.6 Å². The minimum absolute atomic E-state index is 0.0709. The van der Waals surface area contributed by atoms with Crippen molar-refractivity contribution < 1.29 is 14.3 Å². The van der Waals surface area contributed by atoms with Crippen molar-refractivity contribution in [2.75, 3.05) is 50.6 Å². The van der Waals surface area contributed by atoms with Gasteiger partial charge in [-0.05, 0) is 49.4 Å². The van der Waals surface area contributed by atoms with Gasteiger partial charge in [0.05, 0.1) is 25.9 Å². The number of benzene rings is 2. The van der Waals surface area contributed by atoms with Gasteiger partial charge in [0.1, 0.15) is 11.5 Å². The van der Waals surface area contributed by atoms with Gasteiger partial charge in [0, 0.05) is 36.9 Å². The average molecular weight is 404 g/mol. The van der Waals surface area contributed by atoms with Crippen LogP contribution in [0.4, 0.5) is 11.4 Å². The van der Waals surface area contributed by atoms with Crippen LogP contribution in [-0.4, -0.2) is 57.2 Å². The van der Waals surface area contributed by atoms with Crippen molar-refractivity contribution in [2.24, 2.45) is 0 Å². The van der Waals surface area contributed by atoms with Crippen molar-refractivity contribution in [1.29, 1.82) is 0 Å². The van der Waals surface area contributed by atoms with Crippen molar-refractivity contribution in [3.8, 4) is 11.5 Å². The number of amides is 1. The zero-order valence-corrected chi connectivity index (χ0v) is 17.2. The van der Waals surface area contributed by atoms with Crippen LogP contribution in [-0.2, 0) is 4.79 Å². The Kier molecular flexibility index (Phi) is 6.65. The van der Waals surface area contributed by atoms with Gasteiger partial charge in [0.15, 0.2) is 0 Å². The van der Waals surface area contributed by atoms with Crippen LogP contribution in [0.15, 0.2) is 42.5 Å². The van der Waals surface area contributed by atoms with Gasteiger partial charge < -0.3 is 19.7 Å². The van der Waals surface area contributed by atoms with E-state index in [0.717, 1.165) is 31.9 Å². The van der Waals surface area contributed by atoms with Crippen LogP contribution in [0.2, 0.25) is 5.02 Å². The van der Waals surface area contributed by atoms with Crippen molar-refractivity contribution in [3.05, 3.63) is 47.5 Å². The van der Waals surface area contributed by atoms with E-state index in [1.54, 1.807) is 32.4 Å². The summed E-state index contributed by atoms with van der Waals surface area (Å²) < 4.78 is 10.5. The fourth-order valence-electron chi connectivity index (χ4n) is 3.34. The summed E-state index contributed by atoms with van der Waals surface area (Å²) in [4.78, 5) is 17.2. The number of hydrogen-bond donors (Lipinski definition) is 1. The summed E-state index contributed by atoms with van der Waals surface area (Å²) in [5.74, 6) is 1.37. The smallest absolute Gasteiger partial charge is 0.241 e. The first-order valence-electron chi connectivity index (χ1n) is 9.29. The highest BCUT2D eigenvalue weighted by atomic mass is 35.5. The van der Waals surface area contributed by atoms with Gasteiger partial charge in [-0.25, -0.2) is 0 Å². The first kappa shape index (κ1) is 20.3. The molecular formula is C21H26ClN3O3. The van der Waals surface area contributed by atoms with Crippen LogP contribution in [0, 0.1) is 0 Å². The van der Waals surface area contributed by atoms with Gasteiger partial charge in [-0.2, -0.15) is 0 Å². The SMILES string of the molecule is COc1ccc(N2CCN(C(C)C(=O)Nc3cc(Cl)ccc3OC)CC2)cc1. The number of nitrogens with zero attached hydrogens (tertiary/aromatic N) is 2. The maximum absolute atomic E-state index is 12.7. The Hall–Kier alpha value is -2.44. The van der Waals surface area contributed by atoms with Crippen LogP contribution >= 0.6 is 11.6 Å². The molecule has 0 aliphatic carbocycles. The normalized spacial score (nSPS) is 15.8. The maximum Gasteiger partial charge on any atom is 0.241 e. The third kappa shape index (κ3) is 4.69. The van der Waals surface area contributed by atoms with E-state index in [9.17, 15) is 4.79 Å². The summed E-state index contributed by atoms with van der Waals surface area (Å²) >= 11 is 6.05. The molecule has 1 atom stereocenters. The summed E-state index contributed by atoms with van der Waals surface area (Å²) in [5.41, 5.74) is 1.75. The van der Waals surface area contributed by atoms with Crippen molar-refractivity contribution in [2.45, 2.75) is 13.0 Å². The molecule has 1 fully saturated rings. The van der Waals surface area contributed by atoms with Crippen LogP contribution in [0.5, 0.6) is 11.5 Å². The molecule has 0 spiro atoms. The number of carbonyl (C=O) groups excluding carboxylic acids is 1.